The van der Waals surface area contributed by atoms with Gasteiger partial charge in [0, 0.05) is 6.42 Å². The zero-order valence-electron chi connectivity index (χ0n) is 11.9. The van der Waals surface area contributed by atoms with E-state index in [9.17, 15) is 9.59 Å². The lowest BCUT2D eigenvalue weighted by Gasteiger charge is -2.15. The highest BCUT2D eigenvalue weighted by molar-refractivity contribution is 6.34. The number of benzene rings is 1. The number of amides is 1. The molecule has 21 heavy (non-hydrogen) atoms. The predicted molar refractivity (Wildman–Crippen MR) is 82.9 cm³/mol. The number of rotatable bonds is 4. The molecule has 0 atom stereocenters. The van der Waals surface area contributed by atoms with Crippen LogP contribution in [-0.4, -0.2) is 17.0 Å². The minimum atomic E-state index is -1.10. The Morgan fingerprint density at radius 1 is 1.19 bits per heavy atom. The van der Waals surface area contributed by atoms with Gasteiger partial charge in [-0.25, -0.2) is 4.79 Å². The van der Waals surface area contributed by atoms with E-state index in [0.717, 1.165) is 12.8 Å². The molecule has 0 bridgehead atoms. The number of nitrogens with one attached hydrogen (secondary N) is 1. The monoisotopic (exact) mass is 309 g/mol. The van der Waals surface area contributed by atoms with E-state index in [2.05, 4.69) is 5.32 Å². The topological polar surface area (TPSA) is 66.4 Å². The quantitative estimate of drug-likeness (QED) is 0.813. The van der Waals surface area contributed by atoms with Gasteiger partial charge in [0.15, 0.2) is 0 Å². The lowest BCUT2D eigenvalue weighted by molar-refractivity contribution is -0.117. The Morgan fingerprint density at radius 3 is 2.48 bits per heavy atom. The number of hydrogen-bond acceptors (Lipinski definition) is 2. The molecule has 1 aliphatic carbocycles. The second kappa shape index (κ2) is 7.46. The number of carboxylic acids is 1. The van der Waals surface area contributed by atoms with E-state index in [0.29, 0.717) is 12.3 Å². The number of carboxylic acid groups (broad SMARTS) is 1. The van der Waals surface area contributed by atoms with Crippen molar-refractivity contribution in [2.24, 2.45) is 5.92 Å². The summed E-state index contributed by atoms with van der Waals surface area (Å²) in [6.07, 6.45) is 7.40. The van der Waals surface area contributed by atoms with Crippen LogP contribution in [0.1, 0.15) is 55.3 Å². The largest absolute Gasteiger partial charge is 0.478 e. The second-order valence-corrected chi connectivity index (χ2v) is 5.98. The third kappa shape index (κ3) is 4.46. The van der Waals surface area contributed by atoms with Crippen molar-refractivity contribution >= 4 is 29.2 Å². The van der Waals surface area contributed by atoms with Gasteiger partial charge in [0.1, 0.15) is 0 Å². The molecular weight excluding hydrogens is 290 g/mol. The lowest BCUT2D eigenvalue weighted by Crippen LogP contribution is -2.18. The third-order valence-corrected chi connectivity index (χ3v) is 4.27. The Morgan fingerprint density at radius 2 is 1.86 bits per heavy atom. The summed E-state index contributed by atoms with van der Waals surface area (Å²) >= 11 is 6.01. The van der Waals surface area contributed by atoms with Crippen LogP contribution in [0.2, 0.25) is 5.02 Å². The molecule has 0 aliphatic heterocycles. The van der Waals surface area contributed by atoms with Crippen LogP contribution in [0.25, 0.3) is 0 Å². The lowest BCUT2D eigenvalue weighted by atomic mass is 9.96. The molecule has 1 aliphatic rings. The van der Waals surface area contributed by atoms with Gasteiger partial charge < -0.3 is 10.4 Å². The zero-order valence-corrected chi connectivity index (χ0v) is 12.7. The fourth-order valence-electron chi connectivity index (χ4n) is 2.85. The van der Waals surface area contributed by atoms with E-state index >= 15 is 0 Å². The average molecular weight is 310 g/mol. The molecule has 1 aromatic carbocycles. The van der Waals surface area contributed by atoms with Gasteiger partial charge in [-0.05, 0) is 30.9 Å². The molecule has 0 saturated heterocycles. The smallest absolute Gasteiger partial charge is 0.337 e. The maximum Gasteiger partial charge on any atom is 0.337 e. The van der Waals surface area contributed by atoms with E-state index in [1.807, 2.05) is 0 Å². The molecule has 0 spiro atoms. The molecule has 0 aromatic heterocycles. The number of carbonyl (C=O) groups is 2. The Kier molecular flexibility index (Phi) is 5.62. The second-order valence-electron chi connectivity index (χ2n) is 5.58. The molecule has 1 saturated carbocycles. The number of aromatic carboxylic acids is 1. The average Bonchev–Trinajstić information content (AvgIpc) is 2.69. The minimum absolute atomic E-state index is 0.0247. The molecule has 2 rings (SSSR count). The zero-order chi connectivity index (χ0) is 15.2. The summed E-state index contributed by atoms with van der Waals surface area (Å²) in [5, 5.41) is 12.1. The predicted octanol–water partition coefficient (Wildman–Crippen LogP) is 4.34. The summed E-state index contributed by atoms with van der Waals surface area (Å²) in [6, 6.07) is 4.58. The Hall–Kier alpha value is -1.55. The van der Waals surface area contributed by atoms with Crippen molar-refractivity contribution in [1.82, 2.24) is 0 Å². The van der Waals surface area contributed by atoms with Crippen molar-refractivity contribution < 1.29 is 14.7 Å². The van der Waals surface area contributed by atoms with Crippen LogP contribution in [0.3, 0.4) is 0 Å². The number of para-hydroxylation sites is 1. The van der Waals surface area contributed by atoms with Gasteiger partial charge >= 0.3 is 5.97 Å². The molecule has 0 unspecified atom stereocenters. The number of halogens is 1. The van der Waals surface area contributed by atoms with Crippen molar-refractivity contribution in [2.75, 3.05) is 5.32 Å². The summed E-state index contributed by atoms with van der Waals surface area (Å²) in [6.45, 7) is 0. The molecule has 4 nitrogen and oxygen atoms in total. The van der Waals surface area contributed by atoms with Crippen LogP contribution in [0.4, 0.5) is 5.69 Å². The first-order valence-corrected chi connectivity index (χ1v) is 7.77. The fourth-order valence-corrected chi connectivity index (χ4v) is 3.07. The van der Waals surface area contributed by atoms with Crippen LogP contribution in [0.15, 0.2) is 18.2 Å². The van der Waals surface area contributed by atoms with Gasteiger partial charge in [-0.15, -0.1) is 0 Å². The van der Waals surface area contributed by atoms with Gasteiger partial charge in [-0.1, -0.05) is 43.4 Å². The van der Waals surface area contributed by atoms with Crippen molar-refractivity contribution in [1.29, 1.82) is 0 Å². The summed E-state index contributed by atoms with van der Waals surface area (Å²) in [4.78, 5) is 23.3. The standard InChI is InChI=1S/C16H20ClNO3/c17-13-9-5-8-12(16(20)21)15(13)18-14(19)10-11-6-3-1-2-4-7-11/h5,8-9,11H,1-4,6-7,10H2,(H,18,19)(H,20,21). The molecule has 5 heteroatoms. The molecule has 1 amide bonds. The van der Waals surface area contributed by atoms with E-state index < -0.39 is 5.97 Å². The van der Waals surface area contributed by atoms with Crippen LogP contribution in [-0.2, 0) is 4.79 Å². The van der Waals surface area contributed by atoms with Crippen LogP contribution in [0.5, 0.6) is 0 Å². The van der Waals surface area contributed by atoms with Gasteiger partial charge in [0.05, 0.1) is 16.3 Å². The van der Waals surface area contributed by atoms with Crippen molar-refractivity contribution in [3.05, 3.63) is 28.8 Å². The van der Waals surface area contributed by atoms with E-state index in [1.54, 1.807) is 12.1 Å². The van der Waals surface area contributed by atoms with Gasteiger partial charge in [0.2, 0.25) is 5.91 Å². The van der Waals surface area contributed by atoms with E-state index in [1.165, 1.54) is 31.7 Å². The fraction of sp³-hybridized carbons (Fsp3) is 0.500. The third-order valence-electron chi connectivity index (χ3n) is 3.96. The summed E-state index contributed by atoms with van der Waals surface area (Å²) in [5.41, 5.74) is 0.224. The van der Waals surface area contributed by atoms with Crippen molar-refractivity contribution in [3.8, 4) is 0 Å². The van der Waals surface area contributed by atoms with Crippen molar-refractivity contribution in [2.45, 2.75) is 44.9 Å². The van der Waals surface area contributed by atoms with Gasteiger partial charge in [0.25, 0.3) is 0 Å². The van der Waals surface area contributed by atoms with Gasteiger partial charge in [-0.2, -0.15) is 0 Å². The Labute approximate surface area is 129 Å². The highest BCUT2D eigenvalue weighted by Crippen LogP contribution is 2.29. The van der Waals surface area contributed by atoms with Crippen molar-refractivity contribution in [3.63, 3.8) is 0 Å². The maximum absolute atomic E-state index is 12.2. The van der Waals surface area contributed by atoms with Crippen LogP contribution in [0, 0.1) is 5.92 Å². The SMILES string of the molecule is O=C(CC1CCCCCC1)Nc1c(Cl)cccc1C(=O)O. The molecule has 114 valence electrons. The summed E-state index contributed by atoms with van der Waals surface area (Å²) in [5.74, 6) is -0.858. The molecule has 1 aromatic rings. The van der Waals surface area contributed by atoms with E-state index in [-0.39, 0.29) is 22.2 Å². The molecule has 0 radical (unpaired) electrons. The van der Waals surface area contributed by atoms with Crippen LogP contribution < -0.4 is 5.32 Å². The van der Waals surface area contributed by atoms with Crippen LogP contribution >= 0.6 is 11.6 Å². The van der Waals surface area contributed by atoms with Gasteiger partial charge in [-0.3, -0.25) is 4.79 Å². The molecule has 0 heterocycles. The first-order valence-electron chi connectivity index (χ1n) is 7.39. The Bertz CT molecular complexity index is 522. The molecule has 2 N–H and O–H groups in total. The Balaban J connectivity index is 2.03. The molecule has 1 fully saturated rings. The number of hydrogen-bond donors (Lipinski definition) is 2. The maximum atomic E-state index is 12.2. The number of anilines is 1. The summed E-state index contributed by atoms with van der Waals surface area (Å²) < 4.78 is 0. The highest BCUT2D eigenvalue weighted by Gasteiger charge is 2.19. The summed E-state index contributed by atoms with van der Waals surface area (Å²) in [7, 11) is 0. The first kappa shape index (κ1) is 15.8. The first-order chi connectivity index (χ1) is 10.1. The molecular formula is C16H20ClNO3. The minimum Gasteiger partial charge on any atom is -0.478 e. The van der Waals surface area contributed by atoms with E-state index in [4.69, 9.17) is 16.7 Å². The highest BCUT2D eigenvalue weighted by atomic mass is 35.5. The normalized spacial score (nSPS) is 16.2. The number of carbonyl (C=O) groups excluding carboxylic acids is 1.